The number of methoxy groups -OCH3 is 1. The molecule has 2 aromatic carbocycles. The maximum Gasteiger partial charge on any atom is 0.248 e. The van der Waals surface area contributed by atoms with E-state index >= 15 is 0 Å². The van der Waals surface area contributed by atoms with Gasteiger partial charge in [-0.15, -0.1) is 0 Å². The normalized spacial score (nSPS) is 11.2. The van der Waals surface area contributed by atoms with Crippen molar-refractivity contribution in [3.05, 3.63) is 74.3 Å². The Bertz CT molecular complexity index is 1290. The number of nitrogens with zero attached hydrogens (tertiary/aromatic N) is 2. The predicted molar refractivity (Wildman–Crippen MR) is 128 cm³/mol. The first-order valence-electron chi connectivity index (χ1n) is 8.98. The fourth-order valence-electron chi connectivity index (χ4n) is 2.92. The highest BCUT2D eigenvalue weighted by atomic mass is 79.9. The number of pyridine rings is 1. The van der Waals surface area contributed by atoms with Crippen molar-refractivity contribution in [2.45, 2.75) is 0 Å². The molecule has 4 aromatic rings. The summed E-state index contributed by atoms with van der Waals surface area (Å²) in [6, 6.07) is 12.3. The Morgan fingerprint density at radius 3 is 2.84 bits per heavy atom. The Hall–Kier alpha value is -2.68. The molecule has 2 aromatic heterocycles. The van der Waals surface area contributed by atoms with Crippen molar-refractivity contribution in [3.63, 3.8) is 0 Å². The van der Waals surface area contributed by atoms with Crippen LogP contribution in [-0.2, 0) is 4.79 Å². The third-order valence-electron chi connectivity index (χ3n) is 4.28. The number of anilines is 1. The smallest absolute Gasteiger partial charge is 0.248 e. The zero-order valence-electron chi connectivity index (χ0n) is 16.0. The van der Waals surface area contributed by atoms with Crippen LogP contribution in [0.4, 0.5) is 5.69 Å². The molecule has 0 atom stereocenters. The molecule has 0 fully saturated rings. The van der Waals surface area contributed by atoms with Crippen LogP contribution in [0.15, 0.2) is 68.1 Å². The second-order valence-electron chi connectivity index (χ2n) is 6.37. The molecule has 2 heterocycles. The standard InChI is InChI=1S/C22H14Br2ClN3O3/c1-30-20-12(9-13(23)10-16(20)24)4-7-19(29)27-14-5-6-17(25)15(11-14)22-28-21-18(31-22)3-2-8-26-21/h2-11H,1H3,(H,27,29)/b7-4+. The van der Waals surface area contributed by atoms with Gasteiger partial charge < -0.3 is 14.5 Å². The number of ether oxygens (including phenoxy) is 1. The van der Waals surface area contributed by atoms with Crippen molar-refractivity contribution in [1.29, 1.82) is 0 Å². The van der Waals surface area contributed by atoms with Crippen LogP contribution >= 0.6 is 43.5 Å². The van der Waals surface area contributed by atoms with Crippen LogP contribution in [0.2, 0.25) is 5.02 Å². The van der Waals surface area contributed by atoms with E-state index in [4.69, 9.17) is 20.8 Å². The minimum Gasteiger partial charge on any atom is -0.495 e. The van der Waals surface area contributed by atoms with Gasteiger partial charge in [0.1, 0.15) is 5.75 Å². The van der Waals surface area contributed by atoms with Crippen LogP contribution in [0.25, 0.3) is 28.8 Å². The lowest BCUT2D eigenvalue weighted by Gasteiger charge is -2.08. The molecular formula is C22H14Br2ClN3O3. The molecule has 31 heavy (non-hydrogen) atoms. The number of carbonyl (C=O) groups excluding carboxylic acids is 1. The second kappa shape index (κ2) is 9.21. The first-order chi connectivity index (χ1) is 14.9. The van der Waals surface area contributed by atoms with E-state index in [9.17, 15) is 4.79 Å². The minimum absolute atomic E-state index is 0.314. The van der Waals surface area contributed by atoms with Crippen molar-refractivity contribution < 1.29 is 13.9 Å². The van der Waals surface area contributed by atoms with Crippen LogP contribution in [0.5, 0.6) is 5.75 Å². The largest absolute Gasteiger partial charge is 0.495 e. The number of aromatic nitrogens is 2. The minimum atomic E-state index is -0.314. The molecule has 0 spiro atoms. The SMILES string of the molecule is COc1c(Br)cc(Br)cc1/C=C/C(=O)Nc1ccc(Cl)c(-c2nc3ncccc3o2)c1. The number of oxazole rings is 1. The van der Waals surface area contributed by atoms with Gasteiger partial charge in [0.05, 0.1) is 22.2 Å². The molecule has 6 nitrogen and oxygen atoms in total. The zero-order valence-corrected chi connectivity index (χ0v) is 20.0. The Kier molecular flexibility index (Phi) is 6.41. The fraction of sp³-hybridized carbons (Fsp3) is 0.0455. The van der Waals surface area contributed by atoms with Gasteiger partial charge in [-0.25, -0.2) is 4.98 Å². The number of hydrogen-bond acceptors (Lipinski definition) is 5. The molecule has 0 aliphatic rings. The average molecular weight is 564 g/mol. The lowest BCUT2D eigenvalue weighted by atomic mass is 10.1. The molecule has 1 N–H and O–H groups in total. The van der Waals surface area contributed by atoms with Crippen LogP contribution in [-0.4, -0.2) is 23.0 Å². The van der Waals surface area contributed by atoms with Gasteiger partial charge in [-0.05, 0) is 64.5 Å². The number of rotatable bonds is 5. The third kappa shape index (κ3) is 4.81. The summed E-state index contributed by atoms with van der Waals surface area (Å²) in [5, 5.41) is 3.26. The summed E-state index contributed by atoms with van der Waals surface area (Å²) in [4.78, 5) is 21.0. The number of amides is 1. The van der Waals surface area contributed by atoms with E-state index in [0.717, 1.165) is 14.5 Å². The first kappa shape index (κ1) is 21.5. The molecule has 0 saturated heterocycles. The topological polar surface area (TPSA) is 77.2 Å². The van der Waals surface area contributed by atoms with Crippen LogP contribution in [0, 0.1) is 0 Å². The van der Waals surface area contributed by atoms with E-state index < -0.39 is 0 Å². The highest BCUT2D eigenvalue weighted by Gasteiger charge is 2.14. The molecule has 4 rings (SSSR count). The summed E-state index contributed by atoms with van der Waals surface area (Å²) in [6.07, 6.45) is 4.74. The average Bonchev–Trinajstić information content (AvgIpc) is 3.17. The highest BCUT2D eigenvalue weighted by molar-refractivity contribution is 9.11. The summed E-state index contributed by atoms with van der Waals surface area (Å²) in [5.41, 5.74) is 2.89. The number of nitrogens with one attached hydrogen (secondary N) is 1. The molecule has 0 unspecified atom stereocenters. The van der Waals surface area contributed by atoms with Crippen molar-refractivity contribution in [2.24, 2.45) is 0 Å². The van der Waals surface area contributed by atoms with Gasteiger partial charge >= 0.3 is 0 Å². The fourth-order valence-corrected chi connectivity index (χ4v) is 4.54. The molecule has 1 amide bonds. The number of hydrogen-bond donors (Lipinski definition) is 1. The van der Waals surface area contributed by atoms with Gasteiger partial charge in [0.2, 0.25) is 11.8 Å². The van der Waals surface area contributed by atoms with E-state index in [1.807, 2.05) is 12.1 Å². The Morgan fingerprint density at radius 2 is 2.06 bits per heavy atom. The van der Waals surface area contributed by atoms with E-state index in [1.165, 1.54) is 6.08 Å². The molecule has 0 aliphatic carbocycles. The highest BCUT2D eigenvalue weighted by Crippen LogP contribution is 2.34. The second-order valence-corrected chi connectivity index (χ2v) is 8.55. The molecule has 0 saturated carbocycles. The molecule has 0 bridgehead atoms. The summed E-state index contributed by atoms with van der Waals surface area (Å²) in [7, 11) is 1.57. The van der Waals surface area contributed by atoms with Gasteiger partial charge in [-0.3, -0.25) is 4.79 Å². The first-order valence-corrected chi connectivity index (χ1v) is 10.9. The number of halogens is 3. The van der Waals surface area contributed by atoms with Crippen molar-refractivity contribution in [2.75, 3.05) is 12.4 Å². The zero-order chi connectivity index (χ0) is 22.0. The van der Waals surface area contributed by atoms with Gasteiger partial charge in [-0.2, -0.15) is 4.98 Å². The molecule has 0 radical (unpaired) electrons. The van der Waals surface area contributed by atoms with Gasteiger partial charge in [0.15, 0.2) is 11.2 Å². The third-order valence-corrected chi connectivity index (χ3v) is 5.66. The molecule has 0 aliphatic heterocycles. The van der Waals surface area contributed by atoms with E-state index in [0.29, 0.717) is 39.1 Å². The number of carbonyl (C=O) groups is 1. The van der Waals surface area contributed by atoms with Gasteiger partial charge in [0, 0.05) is 28.0 Å². The van der Waals surface area contributed by atoms with Gasteiger partial charge in [-0.1, -0.05) is 27.5 Å². The van der Waals surface area contributed by atoms with Gasteiger partial charge in [0.25, 0.3) is 0 Å². The van der Waals surface area contributed by atoms with Crippen molar-refractivity contribution in [3.8, 4) is 17.2 Å². The van der Waals surface area contributed by atoms with E-state index in [2.05, 4.69) is 47.1 Å². The Balaban J connectivity index is 1.57. The molecule has 9 heteroatoms. The van der Waals surface area contributed by atoms with Crippen LogP contribution in [0.3, 0.4) is 0 Å². The summed E-state index contributed by atoms with van der Waals surface area (Å²) in [6.45, 7) is 0. The van der Waals surface area contributed by atoms with Crippen molar-refractivity contribution in [1.82, 2.24) is 9.97 Å². The summed E-state index contributed by atoms with van der Waals surface area (Å²) >= 11 is 13.2. The Morgan fingerprint density at radius 1 is 1.23 bits per heavy atom. The molecular weight excluding hydrogens is 550 g/mol. The summed E-state index contributed by atoms with van der Waals surface area (Å²) in [5.74, 6) is 0.644. The number of benzene rings is 2. The predicted octanol–water partition coefficient (Wildman–Crippen LogP) is 6.73. The van der Waals surface area contributed by atoms with Crippen molar-refractivity contribution >= 4 is 72.4 Å². The Labute approximate surface area is 199 Å². The van der Waals surface area contributed by atoms with E-state index in [1.54, 1.807) is 49.7 Å². The maximum absolute atomic E-state index is 12.5. The van der Waals surface area contributed by atoms with Crippen LogP contribution < -0.4 is 10.1 Å². The summed E-state index contributed by atoms with van der Waals surface area (Å²) < 4.78 is 12.8. The number of fused-ring (bicyclic) bond motifs is 1. The lowest BCUT2D eigenvalue weighted by Crippen LogP contribution is -2.07. The monoisotopic (exact) mass is 561 g/mol. The molecule has 156 valence electrons. The maximum atomic E-state index is 12.5. The van der Waals surface area contributed by atoms with E-state index in [-0.39, 0.29) is 5.91 Å². The van der Waals surface area contributed by atoms with Crippen LogP contribution in [0.1, 0.15) is 5.56 Å². The quantitative estimate of drug-likeness (QED) is 0.273. The lowest BCUT2D eigenvalue weighted by molar-refractivity contribution is -0.111.